The maximum Gasteiger partial charge on any atom is 0.177 e. The third-order valence-corrected chi connectivity index (χ3v) is 2.23. The third-order valence-electron chi connectivity index (χ3n) is 2.23. The van der Waals surface area contributed by atoms with Gasteiger partial charge in [0.2, 0.25) is 0 Å². The van der Waals surface area contributed by atoms with E-state index in [9.17, 15) is 0 Å². The molecular formula is C10H16N6. The summed E-state index contributed by atoms with van der Waals surface area (Å²) in [6.07, 6.45) is 3.64. The minimum absolute atomic E-state index is 0.437. The van der Waals surface area contributed by atoms with Crippen molar-refractivity contribution in [2.75, 3.05) is 0 Å². The van der Waals surface area contributed by atoms with Crippen molar-refractivity contribution < 1.29 is 0 Å². The number of nitrogens with one attached hydrogen (secondary N) is 1. The van der Waals surface area contributed by atoms with Crippen LogP contribution in [0.4, 0.5) is 0 Å². The van der Waals surface area contributed by atoms with Gasteiger partial charge in [0.15, 0.2) is 5.82 Å². The van der Waals surface area contributed by atoms with Crippen molar-refractivity contribution >= 4 is 0 Å². The first kappa shape index (κ1) is 10.8. The van der Waals surface area contributed by atoms with Crippen LogP contribution in [0.1, 0.15) is 19.5 Å². The van der Waals surface area contributed by atoms with E-state index >= 15 is 0 Å². The summed E-state index contributed by atoms with van der Waals surface area (Å²) < 4.78 is 3.49. The van der Waals surface area contributed by atoms with Crippen LogP contribution < -0.4 is 5.32 Å². The second-order valence-corrected chi connectivity index (χ2v) is 4.02. The number of hydrogen-bond donors (Lipinski definition) is 1. The lowest BCUT2D eigenvalue weighted by molar-refractivity contribution is 0.567. The Balaban J connectivity index is 2.19. The van der Waals surface area contributed by atoms with Crippen LogP contribution in [0.25, 0.3) is 5.82 Å². The van der Waals surface area contributed by atoms with Gasteiger partial charge in [-0.1, -0.05) is 19.1 Å². The quantitative estimate of drug-likeness (QED) is 0.815. The molecule has 2 aromatic rings. The van der Waals surface area contributed by atoms with Crippen LogP contribution in [0.3, 0.4) is 0 Å². The second-order valence-electron chi connectivity index (χ2n) is 4.02. The summed E-state index contributed by atoms with van der Waals surface area (Å²) in [6, 6.07) is 2.35. The van der Waals surface area contributed by atoms with Gasteiger partial charge in [-0.15, -0.1) is 5.10 Å². The summed E-state index contributed by atoms with van der Waals surface area (Å²) in [7, 11) is 1.88. The summed E-state index contributed by atoms with van der Waals surface area (Å²) in [5, 5.41) is 15.6. The smallest absolute Gasteiger partial charge is 0.177 e. The zero-order valence-corrected chi connectivity index (χ0v) is 9.75. The van der Waals surface area contributed by atoms with E-state index in [-0.39, 0.29) is 0 Å². The molecule has 6 nitrogen and oxygen atoms in total. The molecule has 1 N–H and O–H groups in total. The van der Waals surface area contributed by atoms with Gasteiger partial charge in [0.05, 0.1) is 11.9 Å². The first-order chi connectivity index (χ1) is 7.66. The molecule has 0 aliphatic carbocycles. The Bertz CT molecular complexity index is 455. The predicted molar refractivity (Wildman–Crippen MR) is 60.1 cm³/mol. The van der Waals surface area contributed by atoms with Crippen molar-refractivity contribution in [3.05, 3.63) is 24.2 Å². The maximum absolute atomic E-state index is 4.29. The first-order valence-corrected chi connectivity index (χ1v) is 5.30. The van der Waals surface area contributed by atoms with E-state index < -0.39 is 0 Å². The monoisotopic (exact) mass is 220 g/mol. The molecule has 0 amide bonds. The third kappa shape index (κ3) is 2.27. The van der Waals surface area contributed by atoms with Crippen LogP contribution >= 0.6 is 0 Å². The molecule has 6 heteroatoms. The van der Waals surface area contributed by atoms with Gasteiger partial charge in [-0.3, -0.25) is 4.68 Å². The van der Waals surface area contributed by atoms with Crippen LogP contribution in [0.5, 0.6) is 0 Å². The van der Waals surface area contributed by atoms with E-state index in [4.69, 9.17) is 0 Å². The second kappa shape index (κ2) is 4.44. The van der Waals surface area contributed by atoms with Crippen LogP contribution in [0, 0.1) is 0 Å². The SMILES string of the molecule is CC(C)NCc1cnnn1-c1ccn(C)n1. The number of aryl methyl sites for hydroxylation is 1. The summed E-state index contributed by atoms with van der Waals surface area (Å²) in [5.41, 5.74) is 1.01. The van der Waals surface area contributed by atoms with Crippen molar-refractivity contribution in [2.24, 2.45) is 7.05 Å². The minimum Gasteiger partial charge on any atom is -0.309 e. The Morgan fingerprint density at radius 3 is 2.88 bits per heavy atom. The molecule has 0 spiro atoms. The van der Waals surface area contributed by atoms with E-state index in [1.807, 2.05) is 19.3 Å². The number of aromatic nitrogens is 5. The molecular weight excluding hydrogens is 204 g/mol. The lowest BCUT2D eigenvalue weighted by Crippen LogP contribution is -2.23. The summed E-state index contributed by atoms with van der Waals surface area (Å²) in [6.45, 7) is 4.95. The van der Waals surface area contributed by atoms with Crippen LogP contribution in [0.2, 0.25) is 0 Å². The van der Waals surface area contributed by atoms with Gasteiger partial charge in [-0.25, -0.2) is 0 Å². The highest BCUT2D eigenvalue weighted by molar-refractivity contribution is 5.20. The van der Waals surface area contributed by atoms with E-state index in [2.05, 4.69) is 34.6 Å². The topological polar surface area (TPSA) is 60.6 Å². The van der Waals surface area contributed by atoms with E-state index in [1.54, 1.807) is 15.6 Å². The van der Waals surface area contributed by atoms with Gasteiger partial charge < -0.3 is 5.32 Å². The highest BCUT2D eigenvalue weighted by Crippen LogP contribution is 2.05. The Morgan fingerprint density at radius 1 is 1.44 bits per heavy atom. The Hall–Kier alpha value is -1.69. The standard InChI is InChI=1S/C10H16N6/c1-8(2)11-6-9-7-12-14-16(9)10-4-5-15(3)13-10/h4-5,7-8,11H,6H2,1-3H3. The van der Waals surface area contributed by atoms with Crippen LogP contribution in [-0.4, -0.2) is 30.8 Å². The fourth-order valence-corrected chi connectivity index (χ4v) is 1.39. The zero-order chi connectivity index (χ0) is 11.5. The summed E-state index contributed by atoms with van der Waals surface area (Å²) in [5.74, 6) is 0.792. The lowest BCUT2D eigenvalue weighted by atomic mass is 10.3. The van der Waals surface area contributed by atoms with Gasteiger partial charge in [-0.05, 0) is 0 Å². The summed E-state index contributed by atoms with van der Waals surface area (Å²) >= 11 is 0. The zero-order valence-electron chi connectivity index (χ0n) is 9.75. The van der Waals surface area contributed by atoms with Crippen molar-refractivity contribution in [1.82, 2.24) is 30.1 Å². The largest absolute Gasteiger partial charge is 0.309 e. The highest BCUT2D eigenvalue weighted by Gasteiger charge is 2.08. The number of nitrogens with zero attached hydrogens (tertiary/aromatic N) is 5. The lowest BCUT2D eigenvalue weighted by Gasteiger charge is -2.07. The van der Waals surface area contributed by atoms with Gasteiger partial charge in [-0.2, -0.15) is 9.78 Å². The molecule has 0 aliphatic rings. The average Bonchev–Trinajstić information content (AvgIpc) is 2.82. The molecule has 86 valence electrons. The molecule has 0 fully saturated rings. The van der Waals surface area contributed by atoms with Crippen molar-refractivity contribution in [3.8, 4) is 5.82 Å². The molecule has 0 saturated carbocycles. The fourth-order valence-electron chi connectivity index (χ4n) is 1.39. The Morgan fingerprint density at radius 2 is 2.25 bits per heavy atom. The first-order valence-electron chi connectivity index (χ1n) is 5.30. The van der Waals surface area contributed by atoms with Crippen LogP contribution in [0.15, 0.2) is 18.5 Å². The van der Waals surface area contributed by atoms with Gasteiger partial charge in [0.25, 0.3) is 0 Å². The fraction of sp³-hybridized carbons (Fsp3) is 0.500. The molecule has 0 aliphatic heterocycles. The maximum atomic E-state index is 4.29. The van der Waals surface area contributed by atoms with Crippen LogP contribution in [-0.2, 0) is 13.6 Å². The minimum atomic E-state index is 0.437. The Kier molecular flexibility index (Phi) is 3.00. The molecule has 0 radical (unpaired) electrons. The van der Waals surface area contributed by atoms with E-state index in [1.165, 1.54) is 0 Å². The summed E-state index contributed by atoms with van der Waals surface area (Å²) in [4.78, 5) is 0. The molecule has 0 unspecified atom stereocenters. The average molecular weight is 220 g/mol. The normalized spacial score (nSPS) is 11.2. The molecule has 0 aromatic carbocycles. The molecule has 2 aromatic heterocycles. The van der Waals surface area contributed by atoms with Gasteiger partial charge >= 0.3 is 0 Å². The van der Waals surface area contributed by atoms with Gasteiger partial charge in [0.1, 0.15) is 0 Å². The highest BCUT2D eigenvalue weighted by atomic mass is 15.5. The molecule has 0 saturated heterocycles. The number of rotatable bonds is 4. The predicted octanol–water partition coefficient (Wildman–Crippen LogP) is 0.499. The van der Waals surface area contributed by atoms with E-state index in [0.29, 0.717) is 6.04 Å². The molecule has 0 bridgehead atoms. The number of hydrogen-bond acceptors (Lipinski definition) is 4. The van der Waals surface area contributed by atoms with Crippen molar-refractivity contribution in [1.29, 1.82) is 0 Å². The van der Waals surface area contributed by atoms with Crippen molar-refractivity contribution in [3.63, 3.8) is 0 Å². The van der Waals surface area contributed by atoms with Crippen molar-refractivity contribution in [2.45, 2.75) is 26.4 Å². The van der Waals surface area contributed by atoms with E-state index in [0.717, 1.165) is 18.1 Å². The Labute approximate surface area is 94.3 Å². The van der Waals surface area contributed by atoms with Gasteiger partial charge in [0, 0.05) is 31.9 Å². The molecule has 16 heavy (non-hydrogen) atoms. The molecule has 2 rings (SSSR count). The molecule has 2 heterocycles. The molecule has 0 atom stereocenters.